The van der Waals surface area contributed by atoms with E-state index in [9.17, 15) is 14.7 Å². The Morgan fingerprint density at radius 3 is 2.91 bits per heavy atom. The average Bonchev–Trinajstić information content (AvgIpc) is 3.01. The zero-order valence-corrected chi connectivity index (χ0v) is 12.3. The lowest BCUT2D eigenvalue weighted by Gasteiger charge is -2.58. The Kier molecular flexibility index (Phi) is 2.94. The van der Waals surface area contributed by atoms with Gasteiger partial charge in [0.25, 0.3) is 0 Å². The van der Waals surface area contributed by atoms with Crippen LogP contribution in [0.1, 0.15) is 25.7 Å². The molecule has 4 aliphatic heterocycles. The first-order valence-corrected chi connectivity index (χ1v) is 7.87. The van der Waals surface area contributed by atoms with Crippen molar-refractivity contribution < 1.29 is 28.9 Å². The predicted octanol–water partition coefficient (Wildman–Crippen LogP) is 0.577. The van der Waals surface area contributed by atoms with Crippen molar-refractivity contribution >= 4 is 11.9 Å². The average molecular weight is 308 g/mol. The van der Waals surface area contributed by atoms with E-state index in [1.165, 1.54) is 0 Å². The van der Waals surface area contributed by atoms with Crippen LogP contribution in [0, 0.1) is 16.7 Å². The monoisotopic (exact) mass is 308 g/mol. The molecule has 6 unspecified atom stereocenters. The van der Waals surface area contributed by atoms with E-state index >= 15 is 0 Å². The second-order valence-corrected chi connectivity index (χ2v) is 6.84. The van der Waals surface area contributed by atoms with Crippen LogP contribution in [-0.4, -0.2) is 48.6 Å². The number of rotatable bonds is 4. The molecular weight excluding hydrogens is 288 g/mol. The van der Waals surface area contributed by atoms with Gasteiger partial charge in [-0.1, -0.05) is 19.4 Å². The van der Waals surface area contributed by atoms with Gasteiger partial charge in [0.05, 0.1) is 18.1 Å². The van der Waals surface area contributed by atoms with Crippen LogP contribution in [0.5, 0.6) is 0 Å². The minimum Gasteiger partial charge on any atom is -0.462 e. The summed E-state index contributed by atoms with van der Waals surface area (Å²) in [5.74, 6) is -0.889. The molecule has 0 amide bonds. The first kappa shape index (κ1) is 14.2. The van der Waals surface area contributed by atoms with Crippen molar-refractivity contribution in [2.75, 3.05) is 13.2 Å². The molecule has 1 N–H and O–H groups in total. The SMILES string of the molecule is C=CC(=O)OCC12CCCCC13C(=O)OC1C(CO)C3OC12. The maximum Gasteiger partial charge on any atom is 0.330 e. The molecule has 0 aromatic carbocycles. The molecule has 5 fully saturated rings. The van der Waals surface area contributed by atoms with E-state index in [-0.39, 0.29) is 37.3 Å². The first-order valence-electron chi connectivity index (χ1n) is 7.87. The maximum absolute atomic E-state index is 12.7. The number of hydrogen-bond acceptors (Lipinski definition) is 6. The molecule has 5 aliphatic rings. The summed E-state index contributed by atoms with van der Waals surface area (Å²) >= 11 is 0. The molecule has 6 atom stereocenters. The predicted molar refractivity (Wildman–Crippen MR) is 73.6 cm³/mol. The molecule has 4 saturated heterocycles. The molecule has 120 valence electrons. The second kappa shape index (κ2) is 4.55. The van der Waals surface area contributed by atoms with Crippen molar-refractivity contribution in [1.82, 2.24) is 0 Å². The molecule has 6 nitrogen and oxygen atoms in total. The molecule has 0 aromatic rings. The number of fused-ring (bicyclic) bond motifs is 1. The van der Waals surface area contributed by atoms with Crippen molar-refractivity contribution in [3.63, 3.8) is 0 Å². The third kappa shape index (κ3) is 1.38. The molecule has 5 rings (SSSR count). The fourth-order valence-corrected chi connectivity index (χ4v) is 5.34. The van der Waals surface area contributed by atoms with Gasteiger partial charge in [0.2, 0.25) is 0 Å². The van der Waals surface area contributed by atoms with Crippen LogP contribution in [0.3, 0.4) is 0 Å². The minimum atomic E-state index is -0.778. The standard InChI is InChI=1S/C16H20O6/c1-2-10(18)20-8-15-5-3-4-6-16(15)12-9(7-17)11(13(15)22-12)21-14(16)19/h2,9,11-13,17H,1,3-8H2. The van der Waals surface area contributed by atoms with Gasteiger partial charge >= 0.3 is 11.9 Å². The van der Waals surface area contributed by atoms with Crippen LogP contribution >= 0.6 is 0 Å². The highest BCUT2D eigenvalue weighted by Crippen LogP contribution is 2.71. The summed E-state index contributed by atoms with van der Waals surface area (Å²) in [6, 6.07) is 0. The van der Waals surface area contributed by atoms with Gasteiger partial charge in [-0.15, -0.1) is 0 Å². The maximum atomic E-state index is 12.7. The normalized spacial score (nSPS) is 48.0. The Morgan fingerprint density at radius 1 is 1.41 bits per heavy atom. The van der Waals surface area contributed by atoms with E-state index in [1.54, 1.807) is 0 Å². The lowest BCUT2D eigenvalue weighted by Crippen LogP contribution is -2.70. The van der Waals surface area contributed by atoms with E-state index in [0.717, 1.165) is 25.3 Å². The van der Waals surface area contributed by atoms with Gasteiger partial charge in [0.1, 0.15) is 24.2 Å². The van der Waals surface area contributed by atoms with Gasteiger partial charge in [-0.25, -0.2) is 4.79 Å². The Bertz CT molecular complexity index is 545. The van der Waals surface area contributed by atoms with Gasteiger partial charge in [-0.3, -0.25) is 4.79 Å². The van der Waals surface area contributed by atoms with Crippen LogP contribution in [0.25, 0.3) is 0 Å². The number of esters is 2. The Balaban J connectivity index is 1.75. The summed E-state index contributed by atoms with van der Waals surface area (Å²) in [6.45, 7) is 3.51. The highest BCUT2D eigenvalue weighted by molar-refractivity contribution is 5.84. The Labute approximate surface area is 128 Å². The van der Waals surface area contributed by atoms with Crippen LogP contribution < -0.4 is 0 Å². The molecular formula is C16H20O6. The molecule has 6 heteroatoms. The van der Waals surface area contributed by atoms with Crippen molar-refractivity contribution in [2.45, 2.75) is 44.0 Å². The van der Waals surface area contributed by atoms with Gasteiger partial charge in [-0.2, -0.15) is 0 Å². The largest absolute Gasteiger partial charge is 0.462 e. The fraction of sp³-hybridized carbons (Fsp3) is 0.750. The minimum absolute atomic E-state index is 0.0522. The number of hydrogen-bond donors (Lipinski definition) is 1. The van der Waals surface area contributed by atoms with Crippen molar-refractivity contribution in [1.29, 1.82) is 0 Å². The number of carbonyl (C=O) groups excluding carboxylic acids is 2. The first-order chi connectivity index (χ1) is 10.6. The van der Waals surface area contributed by atoms with Crippen LogP contribution in [0.2, 0.25) is 0 Å². The van der Waals surface area contributed by atoms with E-state index in [1.807, 2.05) is 0 Å². The summed E-state index contributed by atoms with van der Waals surface area (Å²) < 4.78 is 17.0. The number of carbonyl (C=O) groups is 2. The number of aliphatic hydroxyl groups excluding tert-OH is 1. The third-order valence-corrected chi connectivity index (χ3v) is 6.22. The van der Waals surface area contributed by atoms with Gasteiger partial charge < -0.3 is 19.3 Å². The lowest BCUT2D eigenvalue weighted by atomic mass is 9.46. The summed E-state index contributed by atoms with van der Waals surface area (Å²) in [6.07, 6.45) is 3.44. The highest BCUT2D eigenvalue weighted by Gasteiger charge is 2.82. The molecule has 4 bridgehead atoms. The quantitative estimate of drug-likeness (QED) is 0.604. The van der Waals surface area contributed by atoms with Crippen molar-refractivity contribution in [3.8, 4) is 0 Å². The summed E-state index contributed by atoms with van der Waals surface area (Å²) in [7, 11) is 0. The lowest BCUT2D eigenvalue weighted by molar-refractivity contribution is -0.227. The summed E-state index contributed by atoms with van der Waals surface area (Å²) in [4.78, 5) is 24.2. The van der Waals surface area contributed by atoms with Gasteiger partial charge in [0, 0.05) is 12.0 Å². The van der Waals surface area contributed by atoms with E-state index in [2.05, 4.69) is 6.58 Å². The molecule has 0 radical (unpaired) electrons. The van der Waals surface area contributed by atoms with Crippen molar-refractivity contribution in [3.05, 3.63) is 12.7 Å². The Morgan fingerprint density at radius 2 is 2.18 bits per heavy atom. The summed E-state index contributed by atoms with van der Waals surface area (Å²) in [5, 5.41) is 9.65. The Hall–Kier alpha value is -1.40. The fourth-order valence-electron chi connectivity index (χ4n) is 5.34. The molecule has 22 heavy (non-hydrogen) atoms. The smallest absolute Gasteiger partial charge is 0.330 e. The molecule has 1 aliphatic carbocycles. The van der Waals surface area contributed by atoms with Crippen molar-refractivity contribution in [2.24, 2.45) is 16.7 Å². The number of aliphatic hydroxyl groups is 1. The zero-order chi connectivity index (χ0) is 15.5. The molecule has 0 aromatic heterocycles. The van der Waals surface area contributed by atoms with Crippen LogP contribution in [0.15, 0.2) is 12.7 Å². The number of ether oxygens (including phenoxy) is 3. The molecule has 1 spiro atoms. The summed E-state index contributed by atoms with van der Waals surface area (Å²) in [5.41, 5.74) is -1.29. The van der Waals surface area contributed by atoms with Crippen LogP contribution in [0.4, 0.5) is 0 Å². The second-order valence-electron chi connectivity index (χ2n) is 6.84. The zero-order valence-electron chi connectivity index (χ0n) is 12.3. The topological polar surface area (TPSA) is 82.1 Å². The van der Waals surface area contributed by atoms with E-state index < -0.39 is 22.9 Å². The molecule has 4 heterocycles. The third-order valence-electron chi connectivity index (χ3n) is 6.22. The van der Waals surface area contributed by atoms with Gasteiger partial charge in [0.15, 0.2) is 0 Å². The van der Waals surface area contributed by atoms with Crippen LogP contribution in [-0.2, 0) is 23.8 Å². The van der Waals surface area contributed by atoms with Gasteiger partial charge in [-0.05, 0) is 12.8 Å². The van der Waals surface area contributed by atoms with E-state index in [4.69, 9.17) is 14.2 Å². The molecule has 1 saturated carbocycles. The highest BCUT2D eigenvalue weighted by atomic mass is 16.6. The van der Waals surface area contributed by atoms with E-state index in [0.29, 0.717) is 6.42 Å².